The molecule has 0 aromatic heterocycles. The van der Waals surface area contributed by atoms with Gasteiger partial charge in [0.05, 0.1) is 31.9 Å². The molecule has 0 bridgehead atoms. The van der Waals surface area contributed by atoms with Gasteiger partial charge in [0.2, 0.25) is 5.91 Å². The van der Waals surface area contributed by atoms with Gasteiger partial charge < -0.3 is 20.1 Å². The van der Waals surface area contributed by atoms with Crippen LogP contribution in [0.5, 0.6) is 5.75 Å². The van der Waals surface area contributed by atoms with Gasteiger partial charge in [0.15, 0.2) is 0 Å². The molecule has 2 unspecified atom stereocenters. The molecule has 19 heavy (non-hydrogen) atoms. The number of methoxy groups -OCH3 is 1. The van der Waals surface area contributed by atoms with E-state index in [0.717, 1.165) is 0 Å². The number of halogens is 1. The number of hydrogen-bond acceptors (Lipinski definition) is 4. The van der Waals surface area contributed by atoms with E-state index >= 15 is 0 Å². The summed E-state index contributed by atoms with van der Waals surface area (Å²) in [5.74, 6) is -0.540. The molecule has 1 aliphatic heterocycles. The molecule has 6 heteroatoms. The van der Waals surface area contributed by atoms with Crippen LogP contribution in [0.25, 0.3) is 0 Å². The van der Waals surface area contributed by atoms with Crippen LogP contribution in [0.3, 0.4) is 0 Å². The van der Waals surface area contributed by atoms with Crippen molar-refractivity contribution < 1.29 is 18.7 Å². The summed E-state index contributed by atoms with van der Waals surface area (Å²) < 4.78 is 23.4. The van der Waals surface area contributed by atoms with Crippen LogP contribution in [-0.4, -0.2) is 39.3 Å². The van der Waals surface area contributed by atoms with Gasteiger partial charge in [-0.25, -0.2) is 4.39 Å². The van der Waals surface area contributed by atoms with E-state index in [4.69, 9.17) is 9.47 Å². The molecule has 1 aliphatic rings. The van der Waals surface area contributed by atoms with Crippen molar-refractivity contribution in [2.45, 2.75) is 6.04 Å². The minimum atomic E-state index is -0.410. The van der Waals surface area contributed by atoms with Crippen molar-refractivity contribution in [2.24, 2.45) is 5.92 Å². The molecule has 1 fully saturated rings. The molecular formula is C13H17FN2O3. The molecule has 0 aliphatic carbocycles. The lowest BCUT2D eigenvalue weighted by Crippen LogP contribution is -2.39. The highest BCUT2D eigenvalue weighted by Gasteiger charge is 2.33. The number of amides is 1. The Kier molecular flexibility index (Phi) is 4.34. The highest BCUT2D eigenvalue weighted by molar-refractivity contribution is 5.94. The Morgan fingerprint density at radius 2 is 2.26 bits per heavy atom. The summed E-state index contributed by atoms with van der Waals surface area (Å²) in [5.41, 5.74) is 0.454. The van der Waals surface area contributed by atoms with Crippen LogP contribution < -0.4 is 15.4 Å². The molecule has 2 rings (SSSR count). The number of hydrogen-bond donors (Lipinski definition) is 2. The van der Waals surface area contributed by atoms with Gasteiger partial charge in [-0.15, -0.1) is 0 Å². The zero-order chi connectivity index (χ0) is 13.8. The van der Waals surface area contributed by atoms with Gasteiger partial charge in [0, 0.05) is 12.1 Å². The Bertz CT molecular complexity index is 467. The Balaban J connectivity index is 2.10. The zero-order valence-corrected chi connectivity index (χ0v) is 10.9. The van der Waals surface area contributed by atoms with Gasteiger partial charge in [-0.2, -0.15) is 0 Å². The molecule has 2 atom stereocenters. The fraction of sp³-hybridized carbons (Fsp3) is 0.462. The van der Waals surface area contributed by atoms with Crippen LogP contribution in [0.15, 0.2) is 18.2 Å². The van der Waals surface area contributed by atoms with Crippen molar-refractivity contribution in [1.82, 2.24) is 5.32 Å². The minimum Gasteiger partial charge on any atom is -0.494 e. The average Bonchev–Trinajstić information content (AvgIpc) is 2.89. The predicted molar refractivity (Wildman–Crippen MR) is 68.7 cm³/mol. The molecule has 0 saturated carbocycles. The molecule has 0 radical (unpaired) electrons. The summed E-state index contributed by atoms with van der Waals surface area (Å²) in [7, 11) is 3.22. The van der Waals surface area contributed by atoms with E-state index in [2.05, 4.69) is 10.6 Å². The van der Waals surface area contributed by atoms with Crippen LogP contribution >= 0.6 is 0 Å². The number of likely N-dealkylation sites (N-methyl/N-ethyl adjacent to an activating group) is 1. The first-order valence-corrected chi connectivity index (χ1v) is 6.05. The number of ether oxygens (including phenoxy) is 2. The standard InChI is InChI=1S/C13H17FN2O3/c1-15-11-7-19-6-9(11)13(17)16-10-4-3-8(14)5-12(10)18-2/h3-5,9,11,15H,6-7H2,1-2H3,(H,16,17). The second-order valence-electron chi connectivity index (χ2n) is 4.37. The molecule has 104 valence electrons. The van der Waals surface area contributed by atoms with Crippen molar-refractivity contribution in [2.75, 3.05) is 32.7 Å². The molecule has 1 aromatic carbocycles. The zero-order valence-electron chi connectivity index (χ0n) is 10.9. The number of carbonyl (C=O) groups is 1. The van der Waals surface area contributed by atoms with Crippen molar-refractivity contribution >= 4 is 11.6 Å². The van der Waals surface area contributed by atoms with Gasteiger partial charge in [-0.05, 0) is 19.2 Å². The van der Waals surface area contributed by atoms with Gasteiger partial charge in [-0.3, -0.25) is 4.79 Å². The summed E-state index contributed by atoms with van der Waals surface area (Å²) >= 11 is 0. The maximum absolute atomic E-state index is 13.1. The second kappa shape index (κ2) is 5.99. The van der Waals surface area contributed by atoms with E-state index in [1.807, 2.05) is 0 Å². The fourth-order valence-corrected chi connectivity index (χ4v) is 2.09. The summed E-state index contributed by atoms with van der Waals surface area (Å²) in [6, 6.07) is 3.98. The first-order chi connectivity index (χ1) is 9.15. The second-order valence-corrected chi connectivity index (χ2v) is 4.37. The highest BCUT2D eigenvalue weighted by Crippen LogP contribution is 2.26. The Hall–Kier alpha value is -1.66. The van der Waals surface area contributed by atoms with Crippen molar-refractivity contribution in [3.05, 3.63) is 24.0 Å². The fourth-order valence-electron chi connectivity index (χ4n) is 2.09. The predicted octanol–water partition coefficient (Wildman–Crippen LogP) is 1.01. The molecule has 2 N–H and O–H groups in total. The summed E-state index contributed by atoms with van der Waals surface area (Å²) in [6.07, 6.45) is 0. The maximum Gasteiger partial charge on any atom is 0.231 e. The van der Waals surface area contributed by atoms with E-state index in [-0.39, 0.29) is 17.9 Å². The van der Waals surface area contributed by atoms with Gasteiger partial charge in [0.1, 0.15) is 11.6 Å². The summed E-state index contributed by atoms with van der Waals surface area (Å²) in [5, 5.41) is 5.79. The van der Waals surface area contributed by atoms with E-state index < -0.39 is 5.82 Å². The number of nitrogens with one attached hydrogen (secondary N) is 2. The van der Waals surface area contributed by atoms with Crippen LogP contribution in [-0.2, 0) is 9.53 Å². The van der Waals surface area contributed by atoms with Gasteiger partial charge in [-0.1, -0.05) is 0 Å². The maximum atomic E-state index is 13.1. The molecule has 5 nitrogen and oxygen atoms in total. The van der Waals surface area contributed by atoms with Gasteiger partial charge in [0.25, 0.3) is 0 Å². The van der Waals surface area contributed by atoms with E-state index in [9.17, 15) is 9.18 Å². The Morgan fingerprint density at radius 1 is 1.47 bits per heavy atom. The van der Waals surface area contributed by atoms with Crippen LogP contribution in [0, 0.1) is 11.7 Å². The molecule has 1 aromatic rings. The number of carbonyl (C=O) groups excluding carboxylic acids is 1. The largest absolute Gasteiger partial charge is 0.494 e. The smallest absolute Gasteiger partial charge is 0.231 e. The Labute approximate surface area is 111 Å². The monoisotopic (exact) mass is 268 g/mol. The molecule has 1 saturated heterocycles. The number of anilines is 1. The van der Waals surface area contributed by atoms with Crippen LogP contribution in [0.1, 0.15) is 0 Å². The summed E-state index contributed by atoms with van der Waals surface area (Å²) in [4.78, 5) is 12.2. The third kappa shape index (κ3) is 3.02. The van der Waals surface area contributed by atoms with E-state index in [1.165, 1.54) is 25.3 Å². The lowest BCUT2D eigenvalue weighted by atomic mass is 10.0. The lowest BCUT2D eigenvalue weighted by Gasteiger charge is -2.17. The Morgan fingerprint density at radius 3 is 2.95 bits per heavy atom. The lowest BCUT2D eigenvalue weighted by molar-refractivity contribution is -0.120. The molecule has 1 heterocycles. The van der Waals surface area contributed by atoms with Gasteiger partial charge >= 0.3 is 0 Å². The molecule has 1 amide bonds. The average molecular weight is 268 g/mol. The van der Waals surface area contributed by atoms with E-state index in [0.29, 0.717) is 24.7 Å². The van der Waals surface area contributed by atoms with Crippen LogP contribution in [0.2, 0.25) is 0 Å². The normalized spacial score (nSPS) is 22.3. The number of rotatable bonds is 4. The van der Waals surface area contributed by atoms with E-state index in [1.54, 1.807) is 7.05 Å². The van der Waals surface area contributed by atoms with Crippen molar-refractivity contribution in [3.8, 4) is 5.75 Å². The quantitative estimate of drug-likeness (QED) is 0.855. The first kappa shape index (κ1) is 13.8. The number of benzene rings is 1. The van der Waals surface area contributed by atoms with Crippen LogP contribution in [0.4, 0.5) is 10.1 Å². The van der Waals surface area contributed by atoms with Crippen molar-refractivity contribution in [3.63, 3.8) is 0 Å². The van der Waals surface area contributed by atoms with Crippen molar-refractivity contribution in [1.29, 1.82) is 0 Å². The molecular weight excluding hydrogens is 251 g/mol. The summed E-state index contributed by atoms with van der Waals surface area (Å²) in [6.45, 7) is 0.885. The minimum absolute atomic E-state index is 0.00792. The highest BCUT2D eigenvalue weighted by atomic mass is 19.1. The third-order valence-electron chi connectivity index (χ3n) is 3.21. The first-order valence-electron chi connectivity index (χ1n) is 6.05. The third-order valence-corrected chi connectivity index (χ3v) is 3.21. The molecule has 0 spiro atoms. The topological polar surface area (TPSA) is 59.6 Å². The SMILES string of the molecule is CNC1COCC1C(=O)Nc1ccc(F)cc1OC.